The lowest BCUT2D eigenvalue weighted by atomic mass is 10.4. The Balaban J connectivity index is 2.08. The molecule has 2 N–H and O–H groups in total. The Labute approximate surface area is 110 Å². The standard InChI is InChI=1S/C12H11N3O3S/c16-12(14-11-6-8-13-15-11)7-9-19(17,18)10-4-2-1-3-5-10/h1-9H,(H2,13,14,15,16)/b9-7+. The SMILES string of the molecule is O=C(/C=C/S(=O)(=O)c1ccccc1)Nc1ccn[nH]1. The Morgan fingerprint density at radius 2 is 1.95 bits per heavy atom. The molecule has 0 bridgehead atoms. The molecule has 0 spiro atoms. The number of nitrogens with one attached hydrogen (secondary N) is 2. The second kappa shape index (κ2) is 5.49. The van der Waals surface area contributed by atoms with Gasteiger partial charge in [-0.3, -0.25) is 9.89 Å². The van der Waals surface area contributed by atoms with Gasteiger partial charge in [-0.15, -0.1) is 0 Å². The fraction of sp³-hybridized carbons (Fsp3) is 0. The minimum absolute atomic E-state index is 0.139. The zero-order valence-corrected chi connectivity index (χ0v) is 10.6. The maximum Gasteiger partial charge on any atom is 0.250 e. The molecule has 0 radical (unpaired) electrons. The number of amides is 1. The zero-order valence-electron chi connectivity index (χ0n) is 9.78. The highest BCUT2D eigenvalue weighted by atomic mass is 32.2. The third-order valence-corrected chi connectivity index (χ3v) is 3.65. The van der Waals surface area contributed by atoms with Crippen LogP contribution in [0.5, 0.6) is 0 Å². The van der Waals surface area contributed by atoms with Crippen LogP contribution in [0.15, 0.2) is 59.0 Å². The van der Waals surface area contributed by atoms with Crippen LogP contribution in [0.2, 0.25) is 0 Å². The number of hydrogen-bond acceptors (Lipinski definition) is 4. The Bertz CT molecular complexity index is 676. The summed E-state index contributed by atoms with van der Waals surface area (Å²) < 4.78 is 23.7. The zero-order chi connectivity index (χ0) is 13.7. The summed E-state index contributed by atoms with van der Waals surface area (Å²) in [6, 6.07) is 9.43. The summed E-state index contributed by atoms with van der Waals surface area (Å²) in [6.45, 7) is 0. The Morgan fingerprint density at radius 1 is 1.21 bits per heavy atom. The Hall–Kier alpha value is -2.41. The predicted molar refractivity (Wildman–Crippen MR) is 70.0 cm³/mol. The van der Waals surface area contributed by atoms with E-state index >= 15 is 0 Å². The molecule has 7 heteroatoms. The summed E-state index contributed by atoms with van der Waals surface area (Å²) >= 11 is 0. The van der Waals surface area contributed by atoms with Crippen molar-refractivity contribution in [3.05, 3.63) is 54.1 Å². The highest BCUT2D eigenvalue weighted by Crippen LogP contribution is 2.11. The molecule has 19 heavy (non-hydrogen) atoms. The van der Waals surface area contributed by atoms with E-state index in [0.717, 1.165) is 11.5 Å². The van der Waals surface area contributed by atoms with Crippen LogP contribution in [-0.2, 0) is 14.6 Å². The second-order valence-electron chi connectivity index (χ2n) is 3.62. The van der Waals surface area contributed by atoms with Crippen molar-refractivity contribution < 1.29 is 13.2 Å². The van der Waals surface area contributed by atoms with Gasteiger partial charge in [-0.1, -0.05) is 18.2 Å². The number of benzene rings is 1. The van der Waals surface area contributed by atoms with Gasteiger partial charge in [0.2, 0.25) is 5.91 Å². The van der Waals surface area contributed by atoms with Crippen LogP contribution in [-0.4, -0.2) is 24.5 Å². The maximum atomic E-state index is 11.9. The Kier molecular flexibility index (Phi) is 3.76. The molecule has 1 aromatic carbocycles. The first-order chi connectivity index (χ1) is 9.08. The van der Waals surface area contributed by atoms with E-state index < -0.39 is 15.7 Å². The minimum Gasteiger partial charge on any atom is -0.307 e. The van der Waals surface area contributed by atoms with E-state index in [1.54, 1.807) is 24.3 Å². The van der Waals surface area contributed by atoms with Gasteiger partial charge in [0.25, 0.3) is 0 Å². The summed E-state index contributed by atoms with van der Waals surface area (Å²) in [5, 5.41) is 9.49. The number of carbonyl (C=O) groups is 1. The highest BCUT2D eigenvalue weighted by molar-refractivity contribution is 7.94. The van der Waals surface area contributed by atoms with Gasteiger partial charge in [0.15, 0.2) is 9.84 Å². The molecule has 0 saturated carbocycles. The van der Waals surface area contributed by atoms with Crippen LogP contribution in [0, 0.1) is 0 Å². The average Bonchev–Trinajstić information content (AvgIpc) is 2.90. The van der Waals surface area contributed by atoms with Crippen molar-refractivity contribution in [3.8, 4) is 0 Å². The van der Waals surface area contributed by atoms with Crippen LogP contribution in [0.4, 0.5) is 5.82 Å². The summed E-state index contributed by atoms with van der Waals surface area (Å²) in [5.41, 5.74) is 0. The molecule has 2 rings (SSSR count). The molecule has 1 heterocycles. The van der Waals surface area contributed by atoms with Crippen molar-refractivity contribution in [1.82, 2.24) is 10.2 Å². The molecular formula is C12H11N3O3S. The van der Waals surface area contributed by atoms with Crippen LogP contribution in [0.25, 0.3) is 0 Å². The summed E-state index contributed by atoms with van der Waals surface area (Å²) in [5.74, 6) is -0.157. The third kappa shape index (κ3) is 3.52. The van der Waals surface area contributed by atoms with E-state index in [1.807, 2.05) is 0 Å². The van der Waals surface area contributed by atoms with Crippen molar-refractivity contribution in [1.29, 1.82) is 0 Å². The van der Waals surface area contributed by atoms with Crippen molar-refractivity contribution in [3.63, 3.8) is 0 Å². The number of aromatic amines is 1. The van der Waals surface area contributed by atoms with Crippen LogP contribution >= 0.6 is 0 Å². The van der Waals surface area contributed by atoms with Gasteiger partial charge >= 0.3 is 0 Å². The largest absolute Gasteiger partial charge is 0.307 e. The van der Waals surface area contributed by atoms with Gasteiger partial charge in [0.05, 0.1) is 11.1 Å². The summed E-state index contributed by atoms with van der Waals surface area (Å²) in [7, 11) is -3.60. The molecule has 0 fully saturated rings. The molecule has 1 aromatic heterocycles. The molecule has 0 saturated heterocycles. The van der Waals surface area contributed by atoms with Crippen LogP contribution < -0.4 is 5.32 Å². The fourth-order valence-electron chi connectivity index (χ4n) is 1.34. The number of aromatic nitrogens is 2. The lowest BCUT2D eigenvalue weighted by Gasteiger charge is -1.99. The molecular weight excluding hydrogens is 266 g/mol. The second-order valence-corrected chi connectivity index (χ2v) is 5.45. The molecule has 0 aliphatic heterocycles. The van der Waals surface area contributed by atoms with E-state index in [0.29, 0.717) is 5.82 Å². The predicted octanol–water partition coefficient (Wildman–Crippen LogP) is 1.34. The topological polar surface area (TPSA) is 91.9 Å². The number of H-pyrrole nitrogens is 1. The van der Waals surface area contributed by atoms with Gasteiger partial charge in [0.1, 0.15) is 5.82 Å². The lowest BCUT2D eigenvalue weighted by Crippen LogP contribution is -2.09. The number of anilines is 1. The number of rotatable bonds is 4. The average molecular weight is 277 g/mol. The molecule has 2 aromatic rings. The van der Waals surface area contributed by atoms with E-state index in [-0.39, 0.29) is 4.90 Å². The number of nitrogens with zero attached hydrogens (tertiary/aromatic N) is 1. The first-order valence-electron chi connectivity index (χ1n) is 5.36. The van der Waals surface area contributed by atoms with E-state index in [2.05, 4.69) is 15.5 Å². The lowest BCUT2D eigenvalue weighted by molar-refractivity contribution is -0.111. The molecule has 0 aliphatic carbocycles. The first-order valence-corrected chi connectivity index (χ1v) is 6.91. The third-order valence-electron chi connectivity index (χ3n) is 2.23. The quantitative estimate of drug-likeness (QED) is 0.825. The summed E-state index contributed by atoms with van der Waals surface area (Å²) in [6.07, 6.45) is 2.43. The maximum absolute atomic E-state index is 11.9. The smallest absolute Gasteiger partial charge is 0.250 e. The molecule has 1 amide bonds. The normalized spacial score (nSPS) is 11.6. The van der Waals surface area contributed by atoms with E-state index in [4.69, 9.17) is 0 Å². The van der Waals surface area contributed by atoms with Crippen molar-refractivity contribution >= 4 is 21.6 Å². The van der Waals surface area contributed by atoms with Crippen molar-refractivity contribution in [2.24, 2.45) is 0 Å². The van der Waals surface area contributed by atoms with Gasteiger partial charge in [-0.25, -0.2) is 8.42 Å². The minimum atomic E-state index is -3.60. The van der Waals surface area contributed by atoms with E-state index in [1.165, 1.54) is 18.3 Å². The molecule has 0 unspecified atom stereocenters. The number of hydrogen-bond donors (Lipinski definition) is 2. The van der Waals surface area contributed by atoms with Gasteiger partial charge < -0.3 is 5.32 Å². The molecule has 6 nitrogen and oxygen atoms in total. The highest BCUT2D eigenvalue weighted by Gasteiger charge is 2.10. The van der Waals surface area contributed by atoms with Gasteiger partial charge in [-0.2, -0.15) is 5.10 Å². The van der Waals surface area contributed by atoms with Crippen LogP contribution in [0.3, 0.4) is 0 Å². The van der Waals surface area contributed by atoms with Crippen molar-refractivity contribution in [2.75, 3.05) is 5.32 Å². The number of carbonyl (C=O) groups excluding carboxylic acids is 1. The van der Waals surface area contributed by atoms with Gasteiger partial charge in [-0.05, 0) is 12.1 Å². The van der Waals surface area contributed by atoms with Crippen LogP contribution in [0.1, 0.15) is 0 Å². The molecule has 0 atom stereocenters. The van der Waals surface area contributed by atoms with Gasteiger partial charge in [0, 0.05) is 17.6 Å². The summed E-state index contributed by atoms with van der Waals surface area (Å²) in [4.78, 5) is 11.6. The fourth-order valence-corrected chi connectivity index (χ4v) is 2.34. The first kappa shape index (κ1) is 13.0. The number of sulfone groups is 1. The Morgan fingerprint density at radius 3 is 2.58 bits per heavy atom. The van der Waals surface area contributed by atoms with Crippen molar-refractivity contribution in [2.45, 2.75) is 4.90 Å². The molecule has 98 valence electrons. The monoisotopic (exact) mass is 277 g/mol. The van der Waals surface area contributed by atoms with E-state index in [9.17, 15) is 13.2 Å². The molecule has 0 aliphatic rings.